The minimum atomic E-state index is -0.442. The van der Waals surface area contributed by atoms with Gasteiger partial charge in [-0.3, -0.25) is 4.79 Å². The van der Waals surface area contributed by atoms with E-state index in [4.69, 9.17) is 16.0 Å². The van der Waals surface area contributed by atoms with Gasteiger partial charge in [-0.05, 0) is 49.4 Å². The highest BCUT2D eigenvalue weighted by Gasteiger charge is 2.34. The number of oxazole rings is 1. The molecule has 2 unspecified atom stereocenters. The maximum absolute atomic E-state index is 14.2. The van der Waals surface area contributed by atoms with Crippen LogP contribution in [0.25, 0.3) is 16.8 Å². The number of aryl methyl sites for hydroxylation is 1. The molecule has 5 rings (SSSR count). The van der Waals surface area contributed by atoms with E-state index in [1.165, 1.54) is 29.3 Å². The van der Waals surface area contributed by atoms with Crippen LogP contribution < -0.4 is 5.32 Å². The Labute approximate surface area is 200 Å². The first kappa shape index (κ1) is 22.3. The number of halogens is 2. The molecule has 1 aliphatic rings. The third kappa shape index (κ3) is 4.23. The second kappa shape index (κ2) is 9.06. The van der Waals surface area contributed by atoms with E-state index in [1.807, 2.05) is 4.90 Å². The number of carbonyl (C=O) groups excluding carboxylic acids is 1. The zero-order valence-corrected chi connectivity index (χ0v) is 19.6. The van der Waals surface area contributed by atoms with E-state index in [9.17, 15) is 9.18 Å². The van der Waals surface area contributed by atoms with E-state index in [-0.39, 0.29) is 17.9 Å². The Morgan fingerprint density at radius 3 is 2.85 bits per heavy atom. The standard InChI is InChI=1S/C24H24ClFN6O2/c1-14-4-3-9-31(20(14)13-27-24-30-18-6-5-16(25)11-21(18)34-24)23(33)22-15(2)10-17(26)12-19(22)32-28-7-8-29-32/h5-8,10-12,14,20H,3-4,9,13H2,1-2H3,(H,27,30). The molecule has 176 valence electrons. The number of amides is 1. The topological polar surface area (TPSA) is 89.1 Å². The first-order valence-corrected chi connectivity index (χ1v) is 11.6. The van der Waals surface area contributed by atoms with Gasteiger partial charge in [0.05, 0.1) is 24.0 Å². The fourth-order valence-electron chi connectivity index (χ4n) is 4.62. The molecule has 0 spiro atoms. The Kier molecular flexibility index (Phi) is 5.95. The van der Waals surface area contributed by atoms with Crippen LogP contribution in [0.5, 0.6) is 0 Å². The average Bonchev–Trinajstić information content (AvgIpc) is 3.47. The van der Waals surface area contributed by atoms with Gasteiger partial charge >= 0.3 is 0 Å². The van der Waals surface area contributed by atoms with Crippen LogP contribution in [-0.4, -0.2) is 49.9 Å². The number of piperidine rings is 1. The van der Waals surface area contributed by atoms with Gasteiger partial charge in [-0.2, -0.15) is 20.0 Å². The van der Waals surface area contributed by atoms with Crippen molar-refractivity contribution < 1.29 is 13.6 Å². The first-order chi connectivity index (χ1) is 16.4. The van der Waals surface area contributed by atoms with Gasteiger partial charge in [0, 0.05) is 30.2 Å². The molecule has 3 heterocycles. The fraction of sp³-hybridized carbons (Fsp3) is 0.333. The predicted octanol–water partition coefficient (Wildman–Crippen LogP) is 4.86. The first-order valence-electron chi connectivity index (χ1n) is 11.2. The van der Waals surface area contributed by atoms with E-state index in [1.54, 1.807) is 25.1 Å². The van der Waals surface area contributed by atoms with Gasteiger partial charge in [-0.1, -0.05) is 18.5 Å². The molecule has 2 atom stereocenters. The van der Waals surface area contributed by atoms with Crippen molar-refractivity contribution in [3.8, 4) is 5.69 Å². The summed E-state index contributed by atoms with van der Waals surface area (Å²) in [6.45, 7) is 4.92. The van der Waals surface area contributed by atoms with Crippen LogP contribution in [0.2, 0.25) is 5.02 Å². The number of hydrogen-bond donors (Lipinski definition) is 1. The van der Waals surface area contributed by atoms with E-state index >= 15 is 0 Å². The van der Waals surface area contributed by atoms with Gasteiger partial charge < -0.3 is 14.6 Å². The lowest BCUT2D eigenvalue weighted by Crippen LogP contribution is -2.51. The van der Waals surface area contributed by atoms with Crippen molar-refractivity contribution >= 4 is 34.6 Å². The van der Waals surface area contributed by atoms with Crippen LogP contribution >= 0.6 is 11.6 Å². The number of hydrogen-bond acceptors (Lipinski definition) is 6. The molecule has 1 fully saturated rings. The summed E-state index contributed by atoms with van der Waals surface area (Å²) in [6, 6.07) is 8.21. The average molecular weight is 483 g/mol. The molecule has 0 radical (unpaired) electrons. The van der Waals surface area contributed by atoms with Gasteiger partial charge in [-0.25, -0.2) is 4.39 Å². The third-order valence-electron chi connectivity index (χ3n) is 6.32. The number of nitrogens with zero attached hydrogens (tertiary/aromatic N) is 5. The molecule has 8 nitrogen and oxygen atoms in total. The van der Waals surface area contributed by atoms with Crippen molar-refractivity contribution in [2.45, 2.75) is 32.7 Å². The summed E-state index contributed by atoms with van der Waals surface area (Å²) in [4.78, 5) is 21.4. The number of benzene rings is 2. The van der Waals surface area contributed by atoms with Crippen molar-refractivity contribution in [3.63, 3.8) is 0 Å². The second-order valence-corrected chi connectivity index (χ2v) is 9.07. The summed E-state index contributed by atoms with van der Waals surface area (Å²) in [6.07, 6.45) is 4.88. The quantitative estimate of drug-likeness (QED) is 0.437. The SMILES string of the molecule is Cc1cc(F)cc(-n2nccn2)c1C(=O)N1CCCC(C)C1CNc1nc2ccc(Cl)cc2o1. The number of carbonyl (C=O) groups is 1. The van der Waals surface area contributed by atoms with Crippen LogP contribution in [0.1, 0.15) is 35.7 Å². The highest BCUT2D eigenvalue weighted by Crippen LogP contribution is 2.29. The summed E-state index contributed by atoms with van der Waals surface area (Å²) in [5.41, 5.74) is 2.56. The lowest BCUT2D eigenvalue weighted by atomic mass is 9.89. The normalized spacial score (nSPS) is 18.4. The smallest absolute Gasteiger partial charge is 0.295 e. The summed E-state index contributed by atoms with van der Waals surface area (Å²) in [5.74, 6) is -0.369. The minimum Gasteiger partial charge on any atom is -0.424 e. The van der Waals surface area contributed by atoms with Crippen molar-refractivity contribution in [1.29, 1.82) is 0 Å². The monoisotopic (exact) mass is 482 g/mol. The van der Waals surface area contributed by atoms with Crippen LogP contribution in [0.15, 0.2) is 47.1 Å². The van der Waals surface area contributed by atoms with Gasteiger partial charge in [0.1, 0.15) is 17.0 Å². The number of nitrogens with one attached hydrogen (secondary N) is 1. The van der Waals surface area contributed by atoms with Gasteiger partial charge in [-0.15, -0.1) is 0 Å². The molecule has 1 aliphatic heterocycles. The van der Waals surface area contributed by atoms with Gasteiger partial charge in [0.25, 0.3) is 11.9 Å². The van der Waals surface area contributed by atoms with Crippen LogP contribution in [0.3, 0.4) is 0 Å². The molecular weight excluding hydrogens is 459 g/mol. The van der Waals surface area contributed by atoms with E-state index < -0.39 is 5.82 Å². The molecular formula is C24H24ClFN6O2. The molecule has 1 amide bonds. The summed E-state index contributed by atoms with van der Waals surface area (Å²) in [7, 11) is 0. The molecule has 2 aromatic carbocycles. The predicted molar refractivity (Wildman–Crippen MR) is 127 cm³/mol. The highest BCUT2D eigenvalue weighted by atomic mass is 35.5. The Morgan fingerprint density at radius 1 is 1.26 bits per heavy atom. The summed E-state index contributed by atoms with van der Waals surface area (Å²) < 4.78 is 20.0. The molecule has 0 saturated carbocycles. The molecule has 1 saturated heterocycles. The minimum absolute atomic E-state index is 0.109. The number of fused-ring (bicyclic) bond motifs is 1. The molecule has 0 aliphatic carbocycles. The van der Waals surface area contributed by atoms with E-state index in [0.29, 0.717) is 52.0 Å². The van der Waals surface area contributed by atoms with Crippen molar-refractivity contribution in [3.05, 3.63) is 64.7 Å². The van der Waals surface area contributed by atoms with Crippen LogP contribution in [0, 0.1) is 18.7 Å². The molecule has 0 bridgehead atoms. The summed E-state index contributed by atoms with van der Waals surface area (Å²) in [5, 5.41) is 12.1. The van der Waals surface area contributed by atoms with Crippen molar-refractivity contribution in [2.24, 2.45) is 5.92 Å². The Bertz CT molecular complexity index is 1340. The highest BCUT2D eigenvalue weighted by molar-refractivity contribution is 6.31. The lowest BCUT2D eigenvalue weighted by molar-refractivity contribution is 0.0538. The fourth-order valence-corrected chi connectivity index (χ4v) is 4.79. The molecule has 10 heteroatoms. The number of rotatable bonds is 5. The van der Waals surface area contributed by atoms with Crippen LogP contribution in [-0.2, 0) is 0 Å². The Balaban J connectivity index is 1.43. The Morgan fingerprint density at radius 2 is 2.06 bits per heavy atom. The van der Waals surface area contributed by atoms with E-state index in [2.05, 4.69) is 27.4 Å². The van der Waals surface area contributed by atoms with Gasteiger partial charge in [0.2, 0.25) is 0 Å². The second-order valence-electron chi connectivity index (χ2n) is 8.63. The zero-order valence-electron chi connectivity index (χ0n) is 18.8. The summed E-state index contributed by atoms with van der Waals surface area (Å²) >= 11 is 6.04. The van der Waals surface area contributed by atoms with Crippen LogP contribution in [0.4, 0.5) is 10.4 Å². The molecule has 4 aromatic rings. The maximum atomic E-state index is 14.2. The number of likely N-dealkylation sites (tertiary alicyclic amines) is 1. The largest absolute Gasteiger partial charge is 0.424 e. The number of anilines is 1. The third-order valence-corrected chi connectivity index (χ3v) is 6.55. The maximum Gasteiger partial charge on any atom is 0.295 e. The molecule has 34 heavy (non-hydrogen) atoms. The van der Waals surface area contributed by atoms with Gasteiger partial charge in [0.15, 0.2) is 5.58 Å². The molecule has 2 aromatic heterocycles. The van der Waals surface area contributed by atoms with Crippen molar-refractivity contribution in [2.75, 3.05) is 18.4 Å². The lowest BCUT2D eigenvalue weighted by Gasteiger charge is -2.40. The Hall–Kier alpha value is -3.46. The zero-order chi connectivity index (χ0) is 23.8. The van der Waals surface area contributed by atoms with Crippen molar-refractivity contribution in [1.82, 2.24) is 24.9 Å². The number of aromatic nitrogens is 4. The van der Waals surface area contributed by atoms with E-state index in [0.717, 1.165) is 12.8 Å². The molecule has 1 N–H and O–H groups in total.